The van der Waals surface area contributed by atoms with Gasteiger partial charge in [-0.2, -0.15) is 13.2 Å². The molecule has 0 fully saturated rings. The molecule has 0 saturated carbocycles. The number of carbonyl (C=O) groups is 1. The molecule has 27 heavy (non-hydrogen) atoms. The molecule has 2 aromatic rings. The van der Waals surface area contributed by atoms with Gasteiger partial charge in [-0.25, -0.2) is 12.8 Å². The Bertz CT molecular complexity index is 960. The number of anilines is 1. The lowest BCUT2D eigenvalue weighted by Crippen LogP contribution is -2.18. The molecule has 0 unspecified atom stereocenters. The molecule has 146 valence electrons. The number of nitrogens with zero attached hydrogens (tertiary/aromatic N) is 1. The van der Waals surface area contributed by atoms with Crippen LogP contribution in [0.1, 0.15) is 5.56 Å². The molecule has 2 rings (SSSR count). The summed E-state index contributed by atoms with van der Waals surface area (Å²) in [6, 6.07) is 7.29. The molecular weight excluding hydrogens is 408 g/mol. The molecule has 0 saturated heterocycles. The van der Waals surface area contributed by atoms with E-state index in [4.69, 9.17) is 0 Å². The van der Waals surface area contributed by atoms with Gasteiger partial charge in [0, 0.05) is 19.0 Å². The minimum atomic E-state index is -5.04. The van der Waals surface area contributed by atoms with Gasteiger partial charge in [0.2, 0.25) is 0 Å². The van der Waals surface area contributed by atoms with Crippen LogP contribution in [-0.4, -0.2) is 32.7 Å². The Morgan fingerprint density at radius 3 is 2.33 bits per heavy atom. The van der Waals surface area contributed by atoms with Crippen molar-refractivity contribution in [2.45, 2.75) is 16.0 Å². The summed E-state index contributed by atoms with van der Waals surface area (Å²) >= 11 is 0.744. The Balaban J connectivity index is 2.39. The Kier molecular flexibility index (Phi) is 6.05. The van der Waals surface area contributed by atoms with E-state index in [0.717, 1.165) is 17.8 Å². The van der Waals surface area contributed by atoms with Crippen LogP contribution >= 0.6 is 11.8 Å². The number of rotatable bonds is 4. The maximum absolute atomic E-state index is 13.4. The lowest BCUT2D eigenvalue weighted by molar-refractivity contribution is -0.140. The van der Waals surface area contributed by atoms with Crippen LogP contribution in [0.15, 0.2) is 52.3 Å². The zero-order valence-corrected chi connectivity index (χ0v) is 15.7. The van der Waals surface area contributed by atoms with Crippen molar-refractivity contribution in [1.29, 1.82) is 0 Å². The summed E-state index contributed by atoms with van der Waals surface area (Å²) in [4.78, 5) is 12.6. The van der Waals surface area contributed by atoms with Crippen LogP contribution in [-0.2, 0) is 16.2 Å². The highest BCUT2D eigenvalue weighted by atomic mass is 32.2. The first-order valence-corrected chi connectivity index (χ1v) is 9.59. The summed E-state index contributed by atoms with van der Waals surface area (Å²) in [7, 11) is -1.42. The monoisotopic (exact) mass is 422 g/mol. The van der Waals surface area contributed by atoms with Crippen LogP contribution in [0, 0.1) is 5.82 Å². The van der Waals surface area contributed by atoms with Crippen LogP contribution in [0.2, 0.25) is 0 Å². The number of hydrogen-bond acceptors (Lipinski definition) is 4. The molecule has 2 aromatic carbocycles. The highest BCUT2D eigenvalue weighted by Crippen LogP contribution is 2.34. The third kappa shape index (κ3) is 5.13. The zero-order valence-electron chi connectivity index (χ0n) is 14.0. The van der Waals surface area contributed by atoms with Crippen molar-refractivity contribution in [3.8, 4) is 0 Å². The summed E-state index contributed by atoms with van der Waals surface area (Å²) in [6.07, 6.45) is -5.04. The number of nitrogens with one attached hydrogen (secondary N) is 1. The molecule has 0 aliphatic carbocycles. The fourth-order valence-corrected chi connectivity index (χ4v) is 3.83. The molecule has 5 nitrogen and oxygen atoms in total. The Morgan fingerprint density at radius 2 is 1.74 bits per heavy atom. The van der Waals surface area contributed by atoms with Gasteiger partial charge in [0.1, 0.15) is 5.82 Å². The second-order valence-corrected chi connectivity index (χ2v) is 8.18. The third-order valence-corrected chi connectivity index (χ3v) is 5.73. The van der Waals surface area contributed by atoms with E-state index in [1.54, 1.807) is 6.07 Å². The van der Waals surface area contributed by atoms with Crippen LogP contribution < -0.4 is 4.72 Å². The number of hydrogen-bond donors (Lipinski definition) is 1. The second kappa shape index (κ2) is 7.77. The van der Waals surface area contributed by atoms with Crippen molar-refractivity contribution in [2.75, 3.05) is 18.8 Å². The topological polar surface area (TPSA) is 66.5 Å². The minimum Gasteiger partial charge on any atom is -0.339 e. The van der Waals surface area contributed by atoms with Crippen molar-refractivity contribution in [3.63, 3.8) is 0 Å². The Labute approximate surface area is 157 Å². The largest absolute Gasteiger partial charge is 0.419 e. The molecule has 1 N–H and O–H groups in total. The third-order valence-electron chi connectivity index (χ3n) is 3.25. The predicted octanol–water partition coefficient (Wildman–Crippen LogP) is 4.42. The molecule has 0 bridgehead atoms. The van der Waals surface area contributed by atoms with Gasteiger partial charge in [0.15, 0.2) is 0 Å². The summed E-state index contributed by atoms with van der Waals surface area (Å²) < 4.78 is 78.9. The highest BCUT2D eigenvalue weighted by molar-refractivity contribution is 8.13. The lowest BCUT2D eigenvalue weighted by atomic mass is 10.2. The first-order valence-electron chi connectivity index (χ1n) is 7.29. The van der Waals surface area contributed by atoms with E-state index in [1.165, 1.54) is 37.2 Å². The number of sulfonamides is 1. The van der Waals surface area contributed by atoms with Crippen LogP contribution in [0.3, 0.4) is 0 Å². The molecule has 11 heteroatoms. The van der Waals surface area contributed by atoms with E-state index < -0.39 is 32.5 Å². The van der Waals surface area contributed by atoms with Crippen molar-refractivity contribution in [2.24, 2.45) is 0 Å². The highest BCUT2D eigenvalue weighted by Gasteiger charge is 2.35. The molecule has 0 atom stereocenters. The van der Waals surface area contributed by atoms with Gasteiger partial charge in [-0.05, 0) is 42.1 Å². The fraction of sp³-hybridized carbons (Fsp3) is 0.188. The average Bonchev–Trinajstić information content (AvgIpc) is 2.55. The van der Waals surface area contributed by atoms with Gasteiger partial charge >= 0.3 is 6.18 Å². The normalized spacial score (nSPS) is 11.9. The first kappa shape index (κ1) is 21.0. The van der Waals surface area contributed by atoms with Crippen LogP contribution in [0.25, 0.3) is 0 Å². The second-order valence-electron chi connectivity index (χ2n) is 5.50. The maximum Gasteiger partial charge on any atom is 0.419 e. The first-order chi connectivity index (χ1) is 12.4. The van der Waals surface area contributed by atoms with Gasteiger partial charge in [-0.3, -0.25) is 9.52 Å². The number of para-hydroxylation sites is 1. The van der Waals surface area contributed by atoms with E-state index in [0.29, 0.717) is 6.07 Å². The van der Waals surface area contributed by atoms with E-state index in [2.05, 4.69) is 4.72 Å². The summed E-state index contributed by atoms with van der Waals surface area (Å²) in [5, 5.41) is -0.372. The van der Waals surface area contributed by atoms with Gasteiger partial charge in [0.25, 0.3) is 15.3 Å². The number of benzene rings is 2. The lowest BCUT2D eigenvalue weighted by Gasteiger charge is -2.15. The van der Waals surface area contributed by atoms with E-state index >= 15 is 0 Å². The predicted molar refractivity (Wildman–Crippen MR) is 93.6 cm³/mol. The van der Waals surface area contributed by atoms with Gasteiger partial charge in [-0.1, -0.05) is 12.1 Å². The molecule has 0 radical (unpaired) electrons. The molecule has 0 spiro atoms. The summed E-state index contributed by atoms with van der Waals surface area (Å²) in [5.74, 6) is -1.58. The number of alkyl halides is 3. The fourth-order valence-electron chi connectivity index (χ4n) is 1.92. The quantitative estimate of drug-likeness (QED) is 0.585. The minimum absolute atomic E-state index is 0.00980. The standard InChI is InChI=1S/C16H14F4N2O3S2/c1-22(2)15(23)26-14-6-4-3-5-13(14)21-27(24,25)10-7-8-12(17)11(9-10)16(18,19)20/h3-9,21H,1-2H3. The van der Waals surface area contributed by atoms with E-state index in [9.17, 15) is 30.8 Å². The molecular formula is C16H14F4N2O3S2. The smallest absolute Gasteiger partial charge is 0.339 e. The number of carbonyl (C=O) groups excluding carboxylic acids is 1. The molecule has 0 aromatic heterocycles. The Hall–Kier alpha value is -2.27. The van der Waals surface area contributed by atoms with Crippen molar-refractivity contribution in [3.05, 3.63) is 53.8 Å². The SMILES string of the molecule is CN(C)C(=O)Sc1ccccc1NS(=O)(=O)c1ccc(F)c(C(F)(F)F)c1. The Morgan fingerprint density at radius 1 is 1.11 bits per heavy atom. The van der Waals surface area contributed by atoms with Crippen LogP contribution in [0.5, 0.6) is 0 Å². The van der Waals surface area contributed by atoms with Crippen molar-refractivity contribution in [1.82, 2.24) is 4.90 Å². The van der Waals surface area contributed by atoms with Gasteiger partial charge < -0.3 is 4.90 Å². The zero-order chi connectivity index (χ0) is 20.4. The number of amides is 1. The molecule has 0 heterocycles. The maximum atomic E-state index is 13.4. The number of halogens is 4. The van der Waals surface area contributed by atoms with Crippen molar-refractivity contribution >= 4 is 32.7 Å². The average molecular weight is 422 g/mol. The van der Waals surface area contributed by atoms with E-state index in [1.807, 2.05) is 0 Å². The van der Waals surface area contributed by atoms with E-state index in [-0.39, 0.29) is 21.9 Å². The van der Waals surface area contributed by atoms with Crippen LogP contribution in [0.4, 0.5) is 28.0 Å². The van der Waals surface area contributed by atoms with Gasteiger partial charge in [-0.15, -0.1) is 0 Å². The summed E-state index contributed by atoms with van der Waals surface area (Å²) in [6.45, 7) is 0. The summed E-state index contributed by atoms with van der Waals surface area (Å²) in [5.41, 5.74) is -1.67. The number of thioether (sulfide) groups is 1. The molecule has 0 aliphatic heterocycles. The molecule has 1 amide bonds. The van der Waals surface area contributed by atoms with Gasteiger partial charge in [0.05, 0.1) is 16.1 Å². The van der Waals surface area contributed by atoms with Crippen molar-refractivity contribution < 1.29 is 30.8 Å². The molecule has 0 aliphatic rings.